The third kappa shape index (κ3) is 6.81. The smallest absolute Gasteiger partial charge is 0.335 e. The summed E-state index contributed by atoms with van der Waals surface area (Å²) >= 11 is 3.41. The van der Waals surface area contributed by atoms with Crippen LogP contribution in [0.1, 0.15) is 30.5 Å². The van der Waals surface area contributed by atoms with E-state index in [4.69, 9.17) is 14.3 Å². The molecule has 0 radical (unpaired) electrons. The molecular formula is C21H24BrNO4. The van der Waals surface area contributed by atoms with Gasteiger partial charge in [-0.2, -0.15) is 0 Å². The Bertz CT molecular complexity index is 774. The first kappa shape index (κ1) is 21.1. The number of esters is 1. The molecule has 0 unspecified atom stereocenters. The molecule has 0 aromatic heterocycles. The van der Waals surface area contributed by atoms with E-state index < -0.39 is 6.10 Å². The molecule has 0 fully saturated rings. The van der Waals surface area contributed by atoms with Gasteiger partial charge >= 0.3 is 5.97 Å². The van der Waals surface area contributed by atoms with Crippen molar-refractivity contribution in [1.82, 2.24) is 0 Å². The molecule has 0 N–H and O–H groups in total. The topological polar surface area (TPSA) is 57.1 Å². The highest BCUT2D eigenvalue weighted by Crippen LogP contribution is 2.13. The zero-order chi connectivity index (χ0) is 19.6. The first-order valence-corrected chi connectivity index (χ1v) is 9.52. The Balaban J connectivity index is 2.01. The molecular weight excluding hydrogens is 410 g/mol. The van der Waals surface area contributed by atoms with E-state index in [9.17, 15) is 4.79 Å². The summed E-state index contributed by atoms with van der Waals surface area (Å²) in [6.45, 7) is 4.59. The maximum Gasteiger partial charge on any atom is 0.335 e. The van der Waals surface area contributed by atoms with Crippen molar-refractivity contribution in [2.75, 3.05) is 13.7 Å². The van der Waals surface area contributed by atoms with E-state index in [1.165, 1.54) is 7.11 Å². The van der Waals surface area contributed by atoms with Crippen LogP contribution in [-0.2, 0) is 32.1 Å². The zero-order valence-electron chi connectivity index (χ0n) is 15.8. The van der Waals surface area contributed by atoms with Gasteiger partial charge in [0.1, 0.15) is 6.61 Å². The van der Waals surface area contributed by atoms with Crippen LogP contribution in [0.2, 0.25) is 0 Å². The lowest BCUT2D eigenvalue weighted by molar-refractivity contribution is -0.153. The summed E-state index contributed by atoms with van der Waals surface area (Å²) in [5.41, 5.74) is 3.71. The number of carbonyl (C=O) groups is 1. The first-order valence-electron chi connectivity index (χ1n) is 8.73. The molecule has 0 amide bonds. The normalized spacial score (nSPS) is 12.5. The maximum atomic E-state index is 11.8. The van der Waals surface area contributed by atoms with Crippen LogP contribution in [0.25, 0.3) is 0 Å². The second-order valence-electron chi connectivity index (χ2n) is 5.95. The molecule has 0 saturated heterocycles. The van der Waals surface area contributed by atoms with Crippen molar-refractivity contribution in [1.29, 1.82) is 0 Å². The Morgan fingerprint density at radius 2 is 1.89 bits per heavy atom. The minimum absolute atomic E-state index is 0.370. The monoisotopic (exact) mass is 433 g/mol. The van der Waals surface area contributed by atoms with Gasteiger partial charge in [-0.3, -0.25) is 0 Å². The Kier molecular flexibility index (Phi) is 8.48. The van der Waals surface area contributed by atoms with Crippen LogP contribution < -0.4 is 0 Å². The van der Waals surface area contributed by atoms with Crippen molar-refractivity contribution in [2.24, 2.45) is 5.16 Å². The van der Waals surface area contributed by atoms with Gasteiger partial charge in [-0.15, -0.1) is 0 Å². The second kappa shape index (κ2) is 10.8. The van der Waals surface area contributed by atoms with E-state index >= 15 is 0 Å². The lowest BCUT2D eigenvalue weighted by atomic mass is 10.0. The maximum absolute atomic E-state index is 11.8. The number of halogens is 1. The minimum Gasteiger partial charge on any atom is -0.467 e. The van der Waals surface area contributed by atoms with Crippen LogP contribution in [0.3, 0.4) is 0 Å². The van der Waals surface area contributed by atoms with Gasteiger partial charge in [0, 0.05) is 17.5 Å². The molecule has 0 heterocycles. The van der Waals surface area contributed by atoms with Crippen molar-refractivity contribution in [3.8, 4) is 0 Å². The summed E-state index contributed by atoms with van der Waals surface area (Å²) in [6, 6.07) is 15.7. The molecule has 2 aromatic rings. The summed E-state index contributed by atoms with van der Waals surface area (Å²) in [6.07, 6.45) is -0.164. The first-order chi connectivity index (χ1) is 13.0. The van der Waals surface area contributed by atoms with Crippen molar-refractivity contribution >= 4 is 27.6 Å². The van der Waals surface area contributed by atoms with Crippen LogP contribution in [0.15, 0.2) is 58.2 Å². The zero-order valence-corrected chi connectivity index (χ0v) is 17.4. The predicted octanol–water partition coefficient (Wildman–Crippen LogP) is 4.51. The molecule has 144 valence electrons. The number of methoxy groups -OCH3 is 1. The molecule has 2 aromatic carbocycles. The van der Waals surface area contributed by atoms with E-state index in [2.05, 4.69) is 21.1 Å². The van der Waals surface area contributed by atoms with Crippen LogP contribution in [0.4, 0.5) is 0 Å². The molecule has 0 spiro atoms. The molecule has 1 atom stereocenters. The predicted molar refractivity (Wildman–Crippen MR) is 109 cm³/mol. The molecule has 5 nitrogen and oxygen atoms in total. The van der Waals surface area contributed by atoms with E-state index in [0.29, 0.717) is 19.6 Å². The average Bonchev–Trinajstić information content (AvgIpc) is 2.68. The molecule has 2 rings (SSSR count). The van der Waals surface area contributed by atoms with Gasteiger partial charge < -0.3 is 14.3 Å². The number of rotatable bonds is 9. The van der Waals surface area contributed by atoms with Crippen LogP contribution in [-0.4, -0.2) is 31.5 Å². The van der Waals surface area contributed by atoms with Gasteiger partial charge in [-0.1, -0.05) is 51.4 Å². The summed E-state index contributed by atoms with van der Waals surface area (Å²) in [5, 5.41) is 4.20. The largest absolute Gasteiger partial charge is 0.467 e. The molecule has 0 bridgehead atoms. The lowest BCUT2D eigenvalue weighted by Gasteiger charge is -2.15. The SMILES string of the molecule is CCO[C@@H](Cc1cccc(/C(C)=N/OCc2ccc(Br)cc2)c1)C(=O)OC. The molecule has 0 aliphatic rings. The number of nitrogens with zero attached hydrogens (tertiary/aromatic N) is 1. The van der Waals surface area contributed by atoms with Gasteiger partial charge in [0.2, 0.25) is 0 Å². The standard InChI is InChI=1S/C21H24BrNO4/c1-4-26-20(21(24)25-3)13-17-6-5-7-18(12-17)15(2)23-27-14-16-8-10-19(22)11-9-16/h5-12,20H,4,13-14H2,1-3H3/b23-15+/t20-/m0/s1. The molecule has 0 saturated carbocycles. The van der Waals surface area contributed by atoms with Gasteiger partial charge in [-0.05, 0) is 48.7 Å². The summed E-state index contributed by atoms with van der Waals surface area (Å²) in [4.78, 5) is 17.3. The number of hydrogen-bond donors (Lipinski definition) is 0. The van der Waals surface area contributed by atoms with E-state index in [1.54, 1.807) is 0 Å². The van der Waals surface area contributed by atoms with E-state index in [1.807, 2.05) is 62.4 Å². The summed E-state index contributed by atoms with van der Waals surface area (Å²) in [5.74, 6) is -0.370. The van der Waals surface area contributed by atoms with E-state index in [-0.39, 0.29) is 5.97 Å². The fraction of sp³-hybridized carbons (Fsp3) is 0.333. The number of carbonyl (C=O) groups excluding carboxylic acids is 1. The number of oxime groups is 1. The Morgan fingerprint density at radius 3 is 2.56 bits per heavy atom. The molecule has 27 heavy (non-hydrogen) atoms. The minimum atomic E-state index is -0.610. The van der Waals surface area contributed by atoms with Crippen LogP contribution in [0, 0.1) is 0 Å². The van der Waals surface area contributed by atoms with Gasteiger partial charge in [-0.25, -0.2) is 4.79 Å². The van der Waals surface area contributed by atoms with Gasteiger partial charge in [0.25, 0.3) is 0 Å². The number of hydrogen-bond acceptors (Lipinski definition) is 5. The number of ether oxygens (including phenoxy) is 2. The highest BCUT2D eigenvalue weighted by molar-refractivity contribution is 9.10. The fourth-order valence-electron chi connectivity index (χ4n) is 2.52. The van der Waals surface area contributed by atoms with Crippen molar-refractivity contribution < 1.29 is 19.1 Å². The Labute approximate surface area is 168 Å². The van der Waals surface area contributed by atoms with Crippen LogP contribution in [0.5, 0.6) is 0 Å². The third-order valence-electron chi connectivity index (χ3n) is 3.94. The highest BCUT2D eigenvalue weighted by Gasteiger charge is 2.20. The molecule has 0 aliphatic carbocycles. The Morgan fingerprint density at radius 1 is 1.15 bits per heavy atom. The Hall–Kier alpha value is -2.18. The van der Waals surface area contributed by atoms with Crippen molar-refractivity contribution in [2.45, 2.75) is 33.0 Å². The van der Waals surface area contributed by atoms with Gasteiger partial charge in [0.15, 0.2) is 6.10 Å². The average molecular weight is 434 g/mol. The van der Waals surface area contributed by atoms with Crippen LogP contribution >= 0.6 is 15.9 Å². The van der Waals surface area contributed by atoms with E-state index in [0.717, 1.165) is 26.9 Å². The van der Waals surface area contributed by atoms with Crippen molar-refractivity contribution in [3.63, 3.8) is 0 Å². The fourth-order valence-corrected chi connectivity index (χ4v) is 2.78. The van der Waals surface area contributed by atoms with Gasteiger partial charge in [0.05, 0.1) is 12.8 Å². The third-order valence-corrected chi connectivity index (χ3v) is 4.47. The molecule has 6 heteroatoms. The second-order valence-corrected chi connectivity index (χ2v) is 6.86. The molecule has 0 aliphatic heterocycles. The quantitative estimate of drug-likeness (QED) is 0.331. The summed E-state index contributed by atoms with van der Waals surface area (Å²) in [7, 11) is 1.37. The lowest BCUT2D eigenvalue weighted by Crippen LogP contribution is -2.28. The summed E-state index contributed by atoms with van der Waals surface area (Å²) < 4.78 is 11.3. The highest BCUT2D eigenvalue weighted by atomic mass is 79.9. The number of benzene rings is 2. The van der Waals surface area contributed by atoms with Crippen molar-refractivity contribution in [3.05, 3.63) is 69.7 Å².